The number of ether oxygens (including phenoxy) is 1. The number of benzene rings is 1. The van der Waals surface area contributed by atoms with Crippen LogP contribution in [0.25, 0.3) is 0 Å². The van der Waals surface area contributed by atoms with Crippen LogP contribution in [0.1, 0.15) is 37.7 Å². The topological polar surface area (TPSA) is 9.23 Å². The quantitative estimate of drug-likeness (QED) is 0.720. The van der Waals surface area contributed by atoms with Crippen molar-refractivity contribution in [1.29, 1.82) is 0 Å². The van der Waals surface area contributed by atoms with E-state index >= 15 is 0 Å². The Bertz CT molecular complexity index is 361. The van der Waals surface area contributed by atoms with Crippen LogP contribution in [0.4, 0.5) is 4.39 Å². The molecule has 1 nitrogen and oxygen atoms in total. The summed E-state index contributed by atoms with van der Waals surface area (Å²) in [6.07, 6.45) is 6.40. The number of halogens is 2. The molecular weight excluding hydrogens is 239 g/mol. The van der Waals surface area contributed by atoms with E-state index in [1.165, 1.54) is 44.2 Å². The van der Waals surface area contributed by atoms with Crippen LogP contribution in [0, 0.1) is 11.7 Å². The molecule has 0 saturated heterocycles. The van der Waals surface area contributed by atoms with E-state index in [0.717, 1.165) is 5.56 Å². The van der Waals surface area contributed by atoms with Gasteiger partial charge in [0.1, 0.15) is 11.6 Å². The first-order valence-corrected chi connectivity index (χ1v) is 6.79. The second kappa shape index (κ2) is 6.25. The van der Waals surface area contributed by atoms with Gasteiger partial charge in [-0.2, -0.15) is 0 Å². The van der Waals surface area contributed by atoms with Crippen molar-refractivity contribution in [1.82, 2.24) is 0 Å². The molecule has 0 spiro atoms. The Kier molecular flexibility index (Phi) is 4.66. The molecule has 0 N–H and O–H groups in total. The van der Waals surface area contributed by atoms with Crippen LogP contribution in [-0.2, 0) is 5.88 Å². The molecule has 0 aliphatic heterocycles. The molecule has 1 fully saturated rings. The number of rotatable bonds is 4. The van der Waals surface area contributed by atoms with Crippen molar-refractivity contribution in [3.05, 3.63) is 29.6 Å². The lowest BCUT2D eigenvalue weighted by molar-refractivity contribution is 0.208. The van der Waals surface area contributed by atoms with Gasteiger partial charge in [0.15, 0.2) is 0 Å². The molecule has 94 valence electrons. The minimum absolute atomic E-state index is 0.276. The monoisotopic (exact) mass is 256 g/mol. The predicted octanol–water partition coefficient (Wildman–Crippen LogP) is 4.52. The van der Waals surface area contributed by atoms with Gasteiger partial charge in [-0.05, 0) is 36.5 Å². The zero-order chi connectivity index (χ0) is 12.1. The Morgan fingerprint density at radius 1 is 1.18 bits per heavy atom. The Labute approximate surface area is 107 Å². The van der Waals surface area contributed by atoms with E-state index in [1.807, 2.05) is 6.07 Å². The summed E-state index contributed by atoms with van der Waals surface area (Å²) in [6.45, 7) is 0.700. The summed E-state index contributed by atoms with van der Waals surface area (Å²) in [5, 5.41) is 0. The second-order valence-electron chi connectivity index (χ2n) is 4.74. The SMILES string of the molecule is Fc1cc(CCl)cc(OCC2CCCCC2)c1. The average molecular weight is 257 g/mol. The minimum atomic E-state index is -0.276. The standard InChI is InChI=1S/C14H18ClFO/c15-9-12-6-13(16)8-14(7-12)17-10-11-4-2-1-3-5-11/h6-8,11H,1-5,9-10H2. The van der Waals surface area contributed by atoms with Gasteiger partial charge in [-0.1, -0.05) is 19.3 Å². The Morgan fingerprint density at radius 2 is 1.94 bits per heavy atom. The van der Waals surface area contributed by atoms with E-state index in [4.69, 9.17) is 16.3 Å². The molecule has 0 radical (unpaired) electrons. The third kappa shape index (κ3) is 3.88. The van der Waals surface area contributed by atoms with Crippen molar-refractivity contribution in [3.63, 3.8) is 0 Å². The maximum Gasteiger partial charge on any atom is 0.127 e. The van der Waals surface area contributed by atoms with Gasteiger partial charge in [-0.25, -0.2) is 4.39 Å². The van der Waals surface area contributed by atoms with Crippen molar-refractivity contribution in [2.75, 3.05) is 6.61 Å². The maximum atomic E-state index is 13.2. The van der Waals surface area contributed by atoms with Gasteiger partial charge in [0.2, 0.25) is 0 Å². The van der Waals surface area contributed by atoms with Crippen LogP contribution >= 0.6 is 11.6 Å². The van der Waals surface area contributed by atoms with Gasteiger partial charge < -0.3 is 4.74 Å². The minimum Gasteiger partial charge on any atom is -0.493 e. The fourth-order valence-electron chi connectivity index (χ4n) is 2.35. The van der Waals surface area contributed by atoms with E-state index < -0.39 is 0 Å². The number of alkyl halides is 1. The summed E-state index contributed by atoms with van der Waals surface area (Å²) in [6, 6.07) is 4.69. The molecule has 0 atom stereocenters. The molecule has 0 amide bonds. The van der Waals surface area contributed by atoms with Gasteiger partial charge >= 0.3 is 0 Å². The van der Waals surface area contributed by atoms with Gasteiger partial charge in [0.25, 0.3) is 0 Å². The summed E-state index contributed by atoms with van der Waals surface area (Å²) in [4.78, 5) is 0. The molecule has 1 saturated carbocycles. The van der Waals surface area contributed by atoms with Crippen molar-refractivity contribution in [2.24, 2.45) is 5.92 Å². The number of hydrogen-bond acceptors (Lipinski definition) is 1. The highest BCUT2D eigenvalue weighted by Gasteiger charge is 2.14. The van der Waals surface area contributed by atoms with Crippen LogP contribution < -0.4 is 4.74 Å². The first-order chi connectivity index (χ1) is 8.28. The molecule has 1 aliphatic carbocycles. The molecule has 2 rings (SSSR count). The molecule has 1 aliphatic rings. The fraction of sp³-hybridized carbons (Fsp3) is 0.571. The number of hydrogen-bond donors (Lipinski definition) is 0. The maximum absolute atomic E-state index is 13.2. The molecule has 0 unspecified atom stereocenters. The fourth-order valence-corrected chi connectivity index (χ4v) is 2.50. The highest BCUT2D eigenvalue weighted by atomic mass is 35.5. The van der Waals surface area contributed by atoms with Crippen molar-refractivity contribution < 1.29 is 9.13 Å². The highest BCUT2D eigenvalue weighted by Crippen LogP contribution is 2.25. The van der Waals surface area contributed by atoms with Gasteiger partial charge in [-0.15, -0.1) is 11.6 Å². The van der Waals surface area contributed by atoms with Crippen LogP contribution in [0.2, 0.25) is 0 Å². The highest BCUT2D eigenvalue weighted by molar-refractivity contribution is 6.17. The first-order valence-electron chi connectivity index (χ1n) is 6.26. The Morgan fingerprint density at radius 3 is 2.65 bits per heavy atom. The largest absolute Gasteiger partial charge is 0.493 e. The van der Waals surface area contributed by atoms with Crippen LogP contribution in [0.15, 0.2) is 18.2 Å². The lowest BCUT2D eigenvalue weighted by Gasteiger charge is -2.21. The second-order valence-corrected chi connectivity index (χ2v) is 5.01. The van der Waals surface area contributed by atoms with Gasteiger partial charge in [0, 0.05) is 11.9 Å². The smallest absolute Gasteiger partial charge is 0.127 e. The average Bonchev–Trinajstić information content (AvgIpc) is 2.37. The predicted molar refractivity (Wildman–Crippen MR) is 68.0 cm³/mol. The lowest BCUT2D eigenvalue weighted by Crippen LogP contribution is -2.15. The summed E-state index contributed by atoms with van der Waals surface area (Å²) in [5.41, 5.74) is 0.769. The lowest BCUT2D eigenvalue weighted by atomic mass is 9.90. The Hall–Kier alpha value is -0.760. The van der Waals surface area contributed by atoms with E-state index in [-0.39, 0.29) is 5.82 Å². The third-order valence-electron chi connectivity index (χ3n) is 3.30. The molecule has 0 aromatic heterocycles. The zero-order valence-electron chi connectivity index (χ0n) is 9.92. The normalized spacial score (nSPS) is 17.1. The molecular formula is C14H18ClFO. The molecule has 0 bridgehead atoms. The third-order valence-corrected chi connectivity index (χ3v) is 3.60. The van der Waals surface area contributed by atoms with Crippen molar-refractivity contribution in [3.8, 4) is 5.75 Å². The van der Waals surface area contributed by atoms with Crippen LogP contribution in [-0.4, -0.2) is 6.61 Å². The summed E-state index contributed by atoms with van der Waals surface area (Å²) in [7, 11) is 0. The molecule has 1 aromatic carbocycles. The summed E-state index contributed by atoms with van der Waals surface area (Å²) < 4.78 is 18.9. The molecule has 3 heteroatoms. The first kappa shape index (κ1) is 12.7. The van der Waals surface area contributed by atoms with E-state index in [0.29, 0.717) is 24.2 Å². The van der Waals surface area contributed by atoms with Crippen LogP contribution in [0.5, 0.6) is 5.75 Å². The van der Waals surface area contributed by atoms with E-state index in [2.05, 4.69) is 0 Å². The van der Waals surface area contributed by atoms with Gasteiger partial charge in [0.05, 0.1) is 6.61 Å². The molecule has 1 aromatic rings. The van der Waals surface area contributed by atoms with Gasteiger partial charge in [-0.3, -0.25) is 0 Å². The zero-order valence-corrected chi connectivity index (χ0v) is 10.7. The molecule has 17 heavy (non-hydrogen) atoms. The van der Waals surface area contributed by atoms with Crippen LogP contribution in [0.3, 0.4) is 0 Å². The van der Waals surface area contributed by atoms with Crippen molar-refractivity contribution >= 4 is 11.6 Å². The summed E-state index contributed by atoms with van der Waals surface area (Å²) >= 11 is 5.70. The molecule has 0 heterocycles. The van der Waals surface area contributed by atoms with Crippen molar-refractivity contribution in [2.45, 2.75) is 38.0 Å². The Balaban J connectivity index is 1.91. The van der Waals surface area contributed by atoms with E-state index in [9.17, 15) is 4.39 Å². The van der Waals surface area contributed by atoms with E-state index in [1.54, 1.807) is 0 Å². The summed E-state index contributed by atoms with van der Waals surface area (Å²) in [5.74, 6) is 1.27.